The van der Waals surface area contributed by atoms with Crippen molar-refractivity contribution in [3.8, 4) is 5.75 Å². The summed E-state index contributed by atoms with van der Waals surface area (Å²) in [5.74, 6) is 1.42. The number of carbonyl (C=O) groups excluding carboxylic acids is 1. The van der Waals surface area contributed by atoms with Crippen LogP contribution in [-0.2, 0) is 6.42 Å². The zero-order valence-corrected chi connectivity index (χ0v) is 10.6. The summed E-state index contributed by atoms with van der Waals surface area (Å²) in [6, 6.07) is 10.8. The van der Waals surface area contributed by atoms with E-state index in [-0.39, 0.29) is 18.3 Å². The quantitative estimate of drug-likeness (QED) is 0.756. The van der Waals surface area contributed by atoms with Crippen LogP contribution in [-0.4, -0.2) is 11.9 Å². The summed E-state index contributed by atoms with van der Waals surface area (Å²) in [6.45, 7) is 3.91. The Labute approximate surface area is 106 Å². The molecular weight excluding hydrogens is 228 g/mol. The molecule has 0 saturated heterocycles. The maximum absolute atomic E-state index is 12.0. The fourth-order valence-corrected chi connectivity index (χ4v) is 1.69. The van der Waals surface area contributed by atoms with Gasteiger partial charge in [0.1, 0.15) is 11.5 Å². The smallest absolute Gasteiger partial charge is 0.170 e. The molecule has 0 amide bonds. The van der Waals surface area contributed by atoms with Gasteiger partial charge >= 0.3 is 0 Å². The van der Waals surface area contributed by atoms with E-state index in [0.29, 0.717) is 11.3 Å². The highest BCUT2D eigenvalue weighted by Gasteiger charge is 2.10. The predicted octanol–water partition coefficient (Wildman–Crippen LogP) is 3.49. The summed E-state index contributed by atoms with van der Waals surface area (Å²) < 4.78 is 10.7. The number of ether oxygens (including phenoxy) is 1. The second-order valence-corrected chi connectivity index (χ2v) is 4.37. The minimum atomic E-state index is 0.0270. The highest BCUT2D eigenvalue weighted by Crippen LogP contribution is 2.16. The summed E-state index contributed by atoms with van der Waals surface area (Å²) in [5.41, 5.74) is 0.643. The number of ketones is 1. The van der Waals surface area contributed by atoms with Gasteiger partial charge in [-0.3, -0.25) is 4.79 Å². The Hall–Kier alpha value is -2.03. The molecule has 3 nitrogen and oxygen atoms in total. The van der Waals surface area contributed by atoms with Crippen LogP contribution < -0.4 is 4.74 Å². The Balaban J connectivity index is 2.10. The van der Waals surface area contributed by atoms with Gasteiger partial charge in [-0.15, -0.1) is 0 Å². The summed E-state index contributed by atoms with van der Waals surface area (Å²) in [5, 5.41) is 0. The zero-order valence-electron chi connectivity index (χ0n) is 10.6. The van der Waals surface area contributed by atoms with Gasteiger partial charge in [0.05, 0.1) is 18.8 Å². The van der Waals surface area contributed by atoms with E-state index in [2.05, 4.69) is 0 Å². The first-order valence-corrected chi connectivity index (χ1v) is 5.97. The fourth-order valence-electron chi connectivity index (χ4n) is 1.69. The highest BCUT2D eigenvalue weighted by atomic mass is 16.5. The van der Waals surface area contributed by atoms with Gasteiger partial charge in [0.2, 0.25) is 0 Å². The van der Waals surface area contributed by atoms with Crippen LogP contribution in [0.2, 0.25) is 0 Å². The second kappa shape index (κ2) is 5.54. The molecule has 0 radical (unpaired) electrons. The molecule has 1 heterocycles. The van der Waals surface area contributed by atoms with E-state index in [1.54, 1.807) is 30.5 Å². The van der Waals surface area contributed by atoms with Gasteiger partial charge in [0.15, 0.2) is 5.78 Å². The van der Waals surface area contributed by atoms with Crippen molar-refractivity contribution in [1.29, 1.82) is 0 Å². The Morgan fingerprint density at radius 2 is 2.11 bits per heavy atom. The molecule has 0 spiro atoms. The molecule has 0 atom stereocenters. The standard InChI is InChI=1S/C15H16O3/c1-11(2)18-14-6-3-5-12(9-14)15(16)10-13-7-4-8-17-13/h3-9,11H,10H2,1-2H3. The lowest BCUT2D eigenvalue weighted by Crippen LogP contribution is -2.07. The van der Waals surface area contributed by atoms with E-state index in [9.17, 15) is 4.79 Å². The molecule has 0 bridgehead atoms. The number of benzene rings is 1. The zero-order chi connectivity index (χ0) is 13.0. The van der Waals surface area contributed by atoms with Gasteiger partial charge in [0, 0.05) is 5.56 Å². The Bertz CT molecular complexity index is 512. The Kier molecular flexibility index (Phi) is 3.82. The van der Waals surface area contributed by atoms with Crippen molar-refractivity contribution < 1.29 is 13.9 Å². The van der Waals surface area contributed by atoms with Gasteiger partial charge < -0.3 is 9.15 Å². The first kappa shape index (κ1) is 12.4. The Morgan fingerprint density at radius 1 is 1.28 bits per heavy atom. The molecule has 94 valence electrons. The molecule has 3 heteroatoms. The molecule has 0 fully saturated rings. The molecule has 0 saturated carbocycles. The summed E-state index contributed by atoms with van der Waals surface area (Å²) in [7, 11) is 0. The van der Waals surface area contributed by atoms with Crippen molar-refractivity contribution in [2.75, 3.05) is 0 Å². The largest absolute Gasteiger partial charge is 0.491 e. The van der Waals surface area contributed by atoms with Crippen molar-refractivity contribution in [3.05, 3.63) is 54.0 Å². The predicted molar refractivity (Wildman–Crippen MR) is 68.9 cm³/mol. The van der Waals surface area contributed by atoms with Crippen molar-refractivity contribution in [2.24, 2.45) is 0 Å². The molecule has 0 aliphatic rings. The van der Waals surface area contributed by atoms with Crippen molar-refractivity contribution in [2.45, 2.75) is 26.4 Å². The highest BCUT2D eigenvalue weighted by molar-refractivity contribution is 5.97. The molecule has 2 aromatic rings. The third-order valence-corrected chi connectivity index (χ3v) is 2.44. The van der Waals surface area contributed by atoms with E-state index in [0.717, 1.165) is 5.75 Å². The second-order valence-electron chi connectivity index (χ2n) is 4.37. The van der Waals surface area contributed by atoms with Crippen LogP contribution in [0.5, 0.6) is 5.75 Å². The monoisotopic (exact) mass is 244 g/mol. The van der Waals surface area contributed by atoms with E-state index in [1.165, 1.54) is 0 Å². The maximum Gasteiger partial charge on any atom is 0.170 e. The third kappa shape index (κ3) is 3.23. The first-order valence-electron chi connectivity index (χ1n) is 5.97. The molecule has 0 aliphatic heterocycles. The molecule has 1 aromatic carbocycles. The van der Waals surface area contributed by atoms with Crippen molar-refractivity contribution in [1.82, 2.24) is 0 Å². The van der Waals surface area contributed by atoms with Gasteiger partial charge in [-0.1, -0.05) is 12.1 Å². The number of rotatable bonds is 5. The van der Waals surface area contributed by atoms with E-state index in [1.807, 2.05) is 26.0 Å². The number of hydrogen-bond acceptors (Lipinski definition) is 3. The molecule has 2 rings (SSSR count). The molecule has 1 aromatic heterocycles. The van der Waals surface area contributed by atoms with Gasteiger partial charge in [-0.05, 0) is 38.1 Å². The van der Waals surface area contributed by atoms with E-state index < -0.39 is 0 Å². The van der Waals surface area contributed by atoms with Crippen LogP contribution in [0.15, 0.2) is 47.1 Å². The lowest BCUT2D eigenvalue weighted by molar-refractivity contribution is 0.0986. The average Bonchev–Trinajstić information content (AvgIpc) is 2.81. The van der Waals surface area contributed by atoms with E-state index >= 15 is 0 Å². The molecule has 18 heavy (non-hydrogen) atoms. The minimum Gasteiger partial charge on any atom is -0.491 e. The summed E-state index contributed by atoms with van der Waals surface area (Å²) in [6.07, 6.45) is 1.94. The van der Waals surface area contributed by atoms with Crippen molar-refractivity contribution >= 4 is 5.78 Å². The first-order chi connectivity index (χ1) is 8.65. The maximum atomic E-state index is 12.0. The summed E-state index contributed by atoms with van der Waals surface area (Å²) >= 11 is 0. The van der Waals surface area contributed by atoms with Crippen LogP contribution in [0.1, 0.15) is 30.0 Å². The van der Waals surface area contributed by atoms with Gasteiger partial charge in [-0.2, -0.15) is 0 Å². The SMILES string of the molecule is CC(C)Oc1cccc(C(=O)Cc2ccco2)c1. The normalized spacial score (nSPS) is 10.6. The van der Waals surface area contributed by atoms with Gasteiger partial charge in [0.25, 0.3) is 0 Å². The molecule has 0 unspecified atom stereocenters. The number of carbonyl (C=O) groups is 1. The van der Waals surface area contributed by atoms with Crippen LogP contribution >= 0.6 is 0 Å². The molecule has 0 aliphatic carbocycles. The lowest BCUT2D eigenvalue weighted by atomic mass is 10.1. The fraction of sp³-hybridized carbons (Fsp3) is 0.267. The van der Waals surface area contributed by atoms with Crippen LogP contribution in [0, 0.1) is 0 Å². The Morgan fingerprint density at radius 3 is 2.78 bits per heavy atom. The number of furan rings is 1. The molecular formula is C15H16O3. The van der Waals surface area contributed by atoms with Crippen LogP contribution in [0.4, 0.5) is 0 Å². The topological polar surface area (TPSA) is 39.4 Å². The minimum absolute atomic E-state index is 0.0270. The van der Waals surface area contributed by atoms with E-state index in [4.69, 9.17) is 9.15 Å². The van der Waals surface area contributed by atoms with Crippen molar-refractivity contribution in [3.63, 3.8) is 0 Å². The summed E-state index contributed by atoms with van der Waals surface area (Å²) in [4.78, 5) is 12.0. The lowest BCUT2D eigenvalue weighted by Gasteiger charge is -2.10. The third-order valence-electron chi connectivity index (χ3n) is 2.44. The average molecular weight is 244 g/mol. The van der Waals surface area contributed by atoms with Crippen LogP contribution in [0.25, 0.3) is 0 Å². The molecule has 0 N–H and O–H groups in total. The number of Topliss-reactive ketones (excluding diaryl/α,β-unsaturated/α-hetero) is 1. The van der Waals surface area contributed by atoms with Crippen LogP contribution in [0.3, 0.4) is 0 Å². The van der Waals surface area contributed by atoms with Gasteiger partial charge in [-0.25, -0.2) is 0 Å². The number of hydrogen-bond donors (Lipinski definition) is 0.